The van der Waals surface area contributed by atoms with Gasteiger partial charge in [-0.05, 0) is 24.6 Å². The maximum absolute atomic E-state index is 13.3. The van der Waals surface area contributed by atoms with Crippen LogP contribution < -0.4 is 0 Å². The standard InChI is InChI=1S/C20H18F2N6O2/c1-10-4-3-5-13-11(10)8-14(30-13)16-15-12(23-9-24-15)6-7-28(16)20(29)19-25-18(17(21)22)26-27(19)2/h3-5,8-9,16-17H,6-7H2,1-2H3,(H,23,24)/t16-/m1/s1. The van der Waals surface area contributed by atoms with Crippen molar-refractivity contribution in [1.82, 2.24) is 29.6 Å². The van der Waals surface area contributed by atoms with Crippen LogP contribution >= 0.6 is 0 Å². The topological polar surface area (TPSA) is 92.8 Å². The molecule has 0 aliphatic carbocycles. The average molecular weight is 412 g/mol. The summed E-state index contributed by atoms with van der Waals surface area (Å²) in [7, 11) is 1.43. The van der Waals surface area contributed by atoms with Crippen LogP contribution in [0.2, 0.25) is 0 Å². The Bertz CT molecular complexity index is 1260. The molecular weight excluding hydrogens is 394 g/mol. The number of carbonyl (C=O) groups excluding carboxylic acids is 1. The van der Waals surface area contributed by atoms with Crippen molar-refractivity contribution >= 4 is 16.9 Å². The number of hydrogen-bond donors (Lipinski definition) is 1. The number of nitrogens with zero attached hydrogens (tertiary/aromatic N) is 5. The van der Waals surface area contributed by atoms with Crippen molar-refractivity contribution < 1.29 is 18.0 Å². The second-order valence-electron chi connectivity index (χ2n) is 7.27. The molecule has 1 aliphatic rings. The third kappa shape index (κ3) is 2.78. The Morgan fingerprint density at radius 1 is 1.37 bits per heavy atom. The molecule has 1 atom stereocenters. The second-order valence-corrected chi connectivity index (χ2v) is 7.27. The van der Waals surface area contributed by atoms with Crippen molar-refractivity contribution in [1.29, 1.82) is 0 Å². The number of rotatable bonds is 3. The van der Waals surface area contributed by atoms with E-state index in [4.69, 9.17) is 4.42 Å². The second kappa shape index (κ2) is 6.75. The van der Waals surface area contributed by atoms with Gasteiger partial charge in [-0.1, -0.05) is 12.1 Å². The molecule has 4 heterocycles. The van der Waals surface area contributed by atoms with Crippen LogP contribution in [0.15, 0.2) is 35.0 Å². The summed E-state index contributed by atoms with van der Waals surface area (Å²) in [5.41, 5.74) is 3.34. The van der Waals surface area contributed by atoms with Gasteiger partial charge in [0, 0.05) is 31.1 Å². The molecule has 0 saturated heterocycles. The minimum absolute atomic E-state index is 0.151. The normalized spacial score (nSPS) is 16.4. The van der Waals surface area contributed by atoms with E-state index in [-0.39, 0.29) is 5.82 Å². The highest BCUT2D eigenvalue weighted by molar-refractivity contribution is 5.91. The number of nitrogens with one attached hydrogen (secondary N) is 1. The molecule has 0 spiro atoms. The quantitative estimate of drug-likeness (QED) is 0.557. The van der Waals surface area contributed by atoms with Gasteiger partial charge < -0.3 is 14.3 Å². The van der Waals surface area contributed by atoms with Crippen molar-refractivity contribution in [3.63, 3.8) is 0 Å². The lowest BCUT2D eigenvalue weighted by Crippen LogP contribution is -2.41. The monoisotopic (exact) mass is 412 g/mol. The summed E-state index contributed by atoms with van der Waals surface area (Å²) < 4.78 is 33.2. The third-order valence-electron chi connectivity index (χ3n) is 5.42. The maximum atomic E-state index is 13.3. The molecule has 10 heteroatoms. The summed E-state index contributed by atoms with van der Waals surface area (Å²) >= 11 is 0. The predicted molar refractivity (Wildman–Crippen MR) is 102 cm³/mol. The average Bonchev–Trinajstić information content (AvgIpc) is 3.44. The van der Waals surface area contributed by atoms with Gasteiger partial charge in [-0.3, -0.25) is 4.79 Å². The molecule has 0 fully saturated rings. The number of hydrogen-bond acceptors (Lipinski definition) is 5. The molecule has 0 radical (unpaired) electrons. The zero-order valence-corrected chi connectivity index (χ0v) is 16.3. The molecule has 0 unspecified atom stereocenters. The molecule has 3 aromatic heterocycles. The van der Waals surface area contributed by atoms with Crippen LogP contribution in [-0.2, 0) is 13.5 Å². The fourth-order valence-electron chi connectivity index (χ4n) is 3.96. The van der Waals surface area contributed by atoms with E-state index in [1.165, 1.54) is 7.05 Å². The van der Waals surface area contributed by atoms with E-state index in [1.807, 2.05) is 31.2 Å². The lowest BCUT2D eigenvalue weighted by Gasteiger charge is -2.33. The Kier molecular flexibility index (Phi) is 4.16. The van der Waals surface area contributed by atoms with Crippen molar-refractivity contribution in [2.24, 2.45) is 7.05 Å². The van der Waals surface area contributed by atoms with Crippen LogP contribution in [0.1, 0.15) is 51.6 Å². The highest BCUT2D eigenvalue weighted by Crippen LogP contribution is 2.37. The van der Waals surface area contributed by atoms with E-state index >= 15 is 0 Å². The first-order valence-corrected chi connectivity index (χ1v) is 9.45. The number of H-pyrrole nitrogens is 1. The summed E-state index contributed by atoms with van der Waals surface area (Å²) in [6.07, 6.45) is -0.723. The van der Waals surface area contributed by atoms with Crippen molar-refractivity contribution in [3.05, 3.63) is 65.0 Å². The minimum Gasteiger partial charge on any atom is -0.458 e. The zero-order chi connectivity index (χ0) is 21.0. The summed E-state index contributed by atoms with van der Waals surface area (Å²) in [6.45, 7) is 2.34. The maximum Gasteiger partial charge on any atom is 0.299 e. The number of fused-ring (bicyclic) bond motifs is 2. The highest BCUT2D eigenvalue weighted by atomic mass is 19.3. The van der Waals surface area contributed by atoms with Crippen LogP contribution in [0.5, 0.6) is 0 Å². The molecule has 30 heavy (non-hydrogen) atoms. The molecule has 0 saturated carbocycles. The van der Waals surface area contributed by atoms with Gasteiger partial charge in [-0.25, -0.2) is 23.4 Å². The first kappa shape index (κ1) is 18.5. The number of halogens is 2. The highest BCUT2D eigenvalue weighted by Gasteiger charge is 2.38. The number of alkyl halides is 2. The first-order chi connectivity index (χ1) is 14.4. The Hall–Kier alpha value is -3.56. The SMILES string of the molecule is Cc1cccc2oc([C@@H]3c4nc[nH]c4CCN3C(=O)c3nc(C(F)F)nn3C)cc12. The van der Waals surface area contributed by atoms with E-state index < -0.39 is 24.2 Å². The molecule has 154 valence electrons. The smallest absolute Gasteiger partial charge is 0.299 e. The fraction of sp³-hybridized carbons (Fsp3) is 0.300. The zero-order valence-electron chi connectivity index (χ0n) is 16.3. The van der Waals surface area contributed by atoms with Crippen LogP contribution in [0.3, 0.4) is 0 Å². The van der Waals surface area contributed by atoms with Crippen molar-refractivity contribution in [3.8, 4) is 0 Å². The summed E-state index contributed by atoms with van der Waals surface area (Å²) in [5, 5.41) is 4.61. The predicted octanol–water partition coefficient (Wildman–Crippen LogP) is 3.32. The van der Waals surface area contributed by atoms with Crippen molar-refractivity contribution in [2.75, 3.05) is 6.54 Å². The van der Waals surface area contributed by atoms with E-state index in [1.54, 1.807) is 11.2 Å². The number of aryl methyl sites for hydroxylation is 2. The third-order valence-corrected chi connectivity index (χ3v) is 5.42. The van der Waals surface area contributed by atoms with Gasteiger partial charge in [0.15, 0.2) is 0 Å². The fourth-order valence-corrected chi connectivity index (χ4v) is 3.96. The molecule has 1 amide bonds. The summed E-state index contributed by atoms with van der Waals surface area (Å²) in [5.74, 6) is -0.777. The number of imidazole rings is 1. The van der Waals surface area contributed by atoms with E-state index in [9.17, 15) is 13.6 Å². The Balaban J connectivity index is 1.62. The molecule has 4 aromatic rings. The lowest BCUT2D eigenvalue weighted by molar-refractivity contribution is 0.0654. The van der Waals surface area contributed by atoms with Gasteiger partial charge in [-0.15, -0.1) is 5.10 Å². The van der Waals surface area contributed by atoms with Gasteiger partial charge >= 0.3 is 0 Å². The molecular formula is C20H18F2N6O2. The van der Waals surface area contributed by atoms with Crippen LogP contribution in [0.4, 0.5) is 8.78 Å². The van der Waals surface area contributed by atoms with Gasteiger partial charge in [0.1, 0.15) is 17.4 Å². The lowest BCUT2D eigenvalue weighted by atomic mass is 9.99. The van der Waals surface area contributed by atoms with E-state index in [0.29, 0.717) is 30.0 Å². The molecule has 0 bridgehead atoms. The number of aromatic amines is 1. The number of carbonyl (C=O) groups is 1. The largest absolute Gasteiger partial charge is 0.458 e. The van der Waals surface area contributed by atoms with Crippen LogP contribution in [-0.4, -0.2) is 42.1 Å². The molecule has 1 aromatic carbocycles. The van der Waals surface area contributed by atoms with E-state index in [2.05, 4.69) is 20.1 Å². The van der Waals surface area contributed by atoms with Gasteiger partial charge in [-0.2, -0.15) is 0 Å². The first-order valence-electron chi connectivity index (χ1n) is 9.45. The number of aromatic nitrogens is 5. The van der Waals surface area contributed by atoms with Crippen molar-refractivity contribution in [2.45, 2.75) is 25.8 Å². The Morgan fingerprint density at radius 2 is 2.20 bits per heavy atom. The summed E-state index contributed by atoms with van der Waals surface area (Å²) in [6, 6.07) is 7.05. The number of amides is 1. The molecule has 8 nitrogen and oxygen atoms in total. The number of benzene rings is 1. The Labute approximate surface area is 169 Å². The Morgan fingerprint density at radius 3 is 2.93 bits per heavy atom. The molecule has 5 rings (SSSR count). The molecule has 1 aliphatic heterocycles. The van der Waals surface area contributed by atoms with Gasteiger partial charge in [0.05, 0.1) is 12.0 Å². The minimum atomic E-state index is -2.86. The van der Waals surface area contributed by atoms with Crippen LogP contribution in [0, 0.1) is 6.92 Å². The molecule has 1 N–H and O–H groups in total. The number of furan rings is 1. The van der Waals surface area contributed by atoms with E-state index in [0.717, 1.165) is 21.3 Å². The summed E-state index contributed by atoms with van der Waals surface area (Å²) in [4.78, 5) is 26.2. The van der Waals surface area contributed by atoms with Gasteiger partial charge in [0.25, 0.3) is 12.3 Å². The van der Waals surface area contributed by atoms with Crippen LogP contribution in [0.25, 0.3) is 11.0 Å². The van der Waals surface area contributed by atoms with Gasteiger partial charge in [0.2, 0.25) is 11.6 Å².